The number of carbonyl (C=O) groups excluding carboxylic acids is 1. The largest absolute Gasteiger partial charge is 0.394 e. The Hall–Kier alpha value is -3.35. The van der Waals surface area contributed by atoms with E-state index in [4.69, 9.17) is 18.9 Å². The summed E-state index contributed by atoms with van der Waals surface area (Å²) >= 11 is 0. The summed E-state index contributed by atoms with van der Waals surface area (Å²) in [5.74, 6) is -0.254. The third-order valence-corrected chi connectivity index (χ3v) is 15.2. The van der Waals surface area contributed by atoms with Crippen molar-refractivity contribution >= 4 is 5.91 Å². The second-order valence-electron chi connectivity index (χ2n) is 22.5. The molecule has 2 aliphatic heterocycles. The van der Waals surface area contributed by atoms with Crippen LogP contribution in [0.2, 0.25) is 0 Å². The van der Waals surface area contributed by atoms with Gasteiger partial charge in [0.1, 0.15) is 48.8 Å². The summed E-state index contributed by atoms with van der Waals surface area (Å²) < 4.78 is 22.7. The van der Waals surface area contributed by atoms with Gasteiger partial charge in [0.2, 0.25) is 5.91 Å². The topological polar surface area (TPSA) is 228 Å². The molecular weight excluding hydrogens is 1050 g/mol. The minimum absolute atomic E-state index is 0.254. The number of aliphatic hydroxyl groups is 8. The van der Waals surface area contributed by atoms with Crippen LogP contribution in [0.15, 0.2) is 109 Å². The molecule has 476 valence electrons. The number of allylic oxidation sites excluding steroid dienone is 17. The fourth-order valence-electron chi connectivity index (χ4n) is 9.99. The number of unbranched alkanes of at least 4 members (excludes halogenated alkanes) is 22. The summed E-state index contributed by atoms with van der Waals surface area (Å²) in [6, 6.07) is -0.936. The molecule has 0 saturated carbocycles. The highest BCUT2D eigenvalue weighted by Crippen LogP contribution is 2.30. The van der Waals surface area contributed by atoms with Gasteiger partial charge in [-0.2, -0.15) is 0 Å². The lowest BCUT2D eigenvalue weighted by atomic mass is 9.97. The quantitative estimate of drug-likeness (QED) is 0.0204. The Bertz CT molecular complexity index is 1810. The Morgan fingerprint density at radius 1 is 0.446 bits per heavy atom. The second-order valence-corrected chi connectivity index (χ2v) is 22.5. The Balaban J connectivity index is 1.61. The van der Waals surface area contributed by atoms with Crippen LogP contribution in [0.1, 0.15) is 226 Å². The summed E-state index contributed by atoms with van der Waals surface area (Å²) in [5.41, 5.74) is 0. The zero-order chi connectivity index (χ0) is 60.2. The smallest absolute Gasteiger partial charge is 0.220 e. The highest BCUT2D eigenvalue weighted by molar-refractivity contribution is 5.76. The maximum Gasteiger partial charge on any atom is 0.220 e. The molecule has 12 atom stereocenters. The van der Waals surface area contributed by atoms with Gasteiger partial charge in [0, 0.05) is 6.42 Å². The normalized spacial score (nSPS) is 24.6. The molecule has 2 aliphatic rings. The van der Waals surface area contributed by atoms with Crippen LogP contribution in [-0.2, 0) is 23.7 Å². The van der Waals surface area contributed by atoms with Gasteiger partial charge in [-0.1, -0.05) is 239 Å². The molecular formula is C69H117NO13. The number of hydrogen-bond donors (Lipinski definition) is 9. The number of carbonyl (C=O) groups is 1. The van der Waals surface area contributed by atoms with E-state index in [9.17, 15) is 45.6 Å². The summed E-state index contributed by atoms with van der Waals surface area (Å²) in [7, 11) is 0. The third-order valence-electron chi connectivity index (χ3n) is 15.2. The van der Waals surface area contributed by atoms with Crippen molar-refractivity contribution in [2.75, 3.05) is 19.8 Å². The summed E-state index contributed by atoms with van der Waals surface area (Å²) in [4.78, 5) is 13.3. The van der Waals surface area contributed by atoms with E-state index in [2.05, 4.69) is 116 Å². The molecule has 0 radical (unpaired) electrons. The standard InChI is InChI=1S/C69H117NO13/c1-3-5-7-9-11-13-15-17-18-19-20-21-22-23-24-25-26-27-28-29-30-31-32-33-34-35-36-37-38-39-40-41-43-45-47-49-51-53-61(74)70-57(58(73)52-50-48-46-44-42-16-14-12-10-8-6-4-2)56-80-68-66(79)64(77)67(60(55-72)82-68)83-69-65(78)63(76)62(75)59(54-71)81-69/h5,7,11,13,17-18,20-21,23-24,26-27,29-30,42,44,50,52,57-60,62-69,71-73,75-79H,3-4,6,8-10,12,14-16,19,22,25,28,31-41,43,45-49,51,53-56H2,1-2H3,(H,70,74)/b7-5-,13-11-,18-17-,21-20-,24-23-,27-26-,30-29-,44-42+,52-50+. The molecule has 0 aromatic carbocycles. The van der Waals surface area contributed by atoms with Gasteiger partial charge in [0.15, 0.2) is 12.6 Å². The van der Waals surface area contributed by atoms with Crippen molar-refractivity contribution in [1.82, 2.24) is 5.32 Å². The van der Waals surface area contributed by atoms with Crippen LogP contribution < -0.4 is 5.32 Å². The van der Waals surface area contributed by atoms with Crippen molar-refractivity contribution < 1.29 is 64.6 Å². The fourth-order valence-corrected chi connectivity index (χ4v) is 9.99. The molecule has 0 aliphatic carbocycles. The number of ether oxygens (including phenoxy) is 4. The molecule has 2 saturated heterocycles. The number of rotatable bonds is 51. The first kappa shape index (κ1) is 75.7. The fraction of sp³-hybridized carbons (Fsp3) is 0.725. The van der Waals surface area contributed by atoms with Crippen LogP contribution in [0.25, 0.3) is 0 Å². The van der Waals surface area contributed by atoms with Crippen molar-refractivity contribution in [3.8, 4) is 0 Å². The van der Waals surface area contributed by atoms with Crippen molar-refractivity contribution in [3.05, 3.63) is 109 Å². The molecule has 0 bridgehead atoms. The van der Waals surface area contributed by atoms with Gasteiger partial charge in [-0.05, 0) is 89.9 Å². The van der Waals surface area contributed by atoms with Crippen LogP contribution in [0.3, 0.4) is 0 Å². The van der Waals surface area contributed by atoms with E-state index in [-0.39, 0.29) is 18.9 Å². The van der Waals surface area contributed by atoms with Crippen molar-refractivity contribution in [3.63, 3.8) is 0 Å². The first-order valence-electron chi connectivity index (χ1n) is 32.6. The SMILES string of the molecule is CC/C=C\C/C=C\C/C=C\C/C=C\C/C=C\C/C=C\C/C=C\CCCCCCCCCCCCCCCCCC(=O)NC(COC1OC(CO)C(OC2OC(CO)C(O)C(O)C2O)C(O)C1O)C(O)/C=C/CC/C=C/CCCCCCCC. The minimum Gasteiger partial charge on any atom is -0.394 e. The second kappa shape index (κ2) is 52.9. The zero-order valence-electron chi connectivity index (χ0n) is 51.4. The maximum absolute atomic E-state index is 13.3. The molecule has 12 unspecified atom stereocenters. The monoisotopic (exact) mass is 1170 g/mol. The lowest BCUT2D eigenvalue weighted by Gasteiger charge is -2.46. The number of aliphatic hydroxyl groups excluding tert-OH is 8. The summed E-state index contributed by atoms with van der Waals surface area (Å²) in [5, 5.41) is 87.0. The van der Waals surface area contributed by atoms with Gasteiger partial charge in [-0.3, -0.25) is 4.79 Å². The van der Waals surface area contributed by atoms with Gasteiger partial charge >= 0.3 is 0 Å². The first-order chi connectivity index (χ1) is 40.6. The Labute approximate surface area is 502 Å². The van der Waals surface area contributed by atoms with Crippen LogP contribution >= 0.6 is 0 Å². The van der Waals surface area contributed by atoms with Crippen LogP contribution in [0.5, 0.6) is 0 Å². The van der Waals surface area contributed by atoms with E-state index in [0.717, 1.165) is 77.0 Å². The van der Waals surface area contributed by atoms with E-state index >= 15 is 0 Å². The van der Waals surface area contributed by atoms with Crippen LogP contribution in [-0.4, -0.2) is 140 Å². The van der Waals surface area contributed by atoms with Gasteiger partial charge in [0.25, 0.3) is 0 Å². The lowest BCUT2D eigenvalue weighted by molar-refractivity contribution is -0.359. The predicted molar refractivity (Wildman–Crippen MR) is 336 cm³/mol. The number of hydrogen-bond acceptors (Lipinski definition) is 13. The van der Waals surface area contributed by atoms with Crippen LogP contribution in [0.4, 0.5) is 0 Å². The molecule has 0 spiro atoms. The van der Waals surface area contributed by atoms with E-state index in [1.807, 2.05) is 6.08 Å². The van der Waals surface area contributed by atoms with Crippen molar-refractivity contribution in [2.45, 2.75) is 299 Å². The third kappa shape index (κ3) is 37.7. The Morgan fingerprint density at radius 3 is 1.33 bits per heavy atom. The molecule has 2 rings (SSSR count). The van der Waals surface area contributed by atoms with Gasteiger partial charge in [-0.15, -0.1) is 0 Å². The average Bonchev–Trinajstić information content (AvgIpc) is 3.58. The minimum atomic E-state index is -1.79. The molecule has 14 nitrogen and oxygen atoms in total. The highest BCUT2D eigenvalue weighted by Gasteiger charge is 2.51. The molecule has 0 aromatic rings. The summed E-state index contributed by atoms with van der Waals surface area (Å²) in [6.45, 7) is 2.63. The maximum atomic E-state index is 13.3. The molecule has 2 fully saturated rings. The number of nitrogens with one attached hydrogen (secondary N) is 1. The lowest BCUT2D eigenvalue weighted by Crippen LogP contribution is -2.65. The average molecular weight is 1170 g/mol. The molecule has 1 amide bonds. The molecule has 14 heteroatoms. The highest BCUT2D eigenvalue weighted by atomic mass is 16.7. The Morgan fingerprint density at radius 2 is 0.843 bits per heavy atom. The summed E-state index contributed by atoms with van der Waals surface area (Å²) in [6.07, 6.45) is 58.7. The molecule has 9 N–H and O–H groups in total. The number of amides is 1. The molecule has 0 aromatic heterocycles. The van der Waals surface area contributed by atoms with Crippen molar-refractivity contribution in [1.29, 1.82) is 0 Å². The predicted octanol–water partition coefficient (Wildman–Crippen LogP) is 12.4. The molecule has 83 heavy (non-hydrogen) atoms. The van der Waals surface area contributed by atoms with Gasteiger partial charge in [0.05, 0.1) is 32.0 Å². The van der Waals surface area contributed by atoms with E-state index in [1.165, 1.54) is 116 Å². The van der Waals surface area contributed by atoms with Gasteiger partial charge < -0.3 is 65.1 Å². The van der Waals surface area contributed by atoms with Gasteiger partial charge in [-0.25, -0.2) is 0 Å². The molecule has 2 heterocycles. The van der Waals surface area contributed by atoms with E-state index in [0.29, 0.717) is 12.8 Å². The van der Waals surface area contributed by atoms with Crippen LogP contribution in [0, 0.1) is 0 Å². The first-order valence-corrected chi connectivity index (χ1v) is 32.6. The zero-order valence-corrected chi connectivity index (χ0v) is 51.4. The van der Waals surface area contributed by atoms with E-state index < -0.39 is 86.8 Å². The van der Waals surface area contributed by atoms with E-state index in [1.54, 1.807) is 6.08 Å². The Kier molecular flexibility index (Phi) is 48.3. The van der Waals surface area contributed by atoms with Crippen molar-refractivity contribution in [2.24, 2.45) is 0 Å².